The third-order valence-electron chi connectivity index (χ3n) is 3.48. The van der Waals surface area contributed by atoms with Crippen LogP contribution in [0.2, 0.25) is 0 Å². The van der Waals surface area contributed by atoms with E-state index in [2.05, 4.69) is 15.5 Å². The van der Waals surface area contributed by atoms with Gasteiger partial charge in [-0.25, -0.2) is 4.79 Å². The van der Waals surface area contributed by atoms with Crippen molar-refractivity contribution in [2.75, 3.05) is 24.6 Å². The molecular formula is C15H18N4O2S. The van der Waals surface area contributed by atoms with Crippen molar-refractivity contribution in [1.82, 2.24) is 20.4 Å². The first-order chi connectivity index (χ1) is 10.7. The maximum atomic E-state index is 12.2. The normalized spacial score (nSPS) is 16.3. The van der Waals surface area contributed by atoms with Crippen LogP contribution >= 0.6 is 11.8 Å². The smallest absolute Gasteiger partial charge is 0.318 e. The number of amides is 2. The molecule has 6 nitrogen and oxygen atoms in total. The summed E-state index contributed by atoms with van der Waals surface area (Å²) in [5, 5.41) is 6.89. The van der Waals surface area contributed by atoms with Gasteiger partial charge >= 0.3 is 6.03 Å². The number of rotatable bonds is 3. The van der Waals surface area contributed by atoms with Gasteiger partial charge in [0.1, 0.15) is 6.04 Å². The zero-order chi connectivity index (χ0) is 15.4. The van der Waals surface area contributed by atoms with Crippen molar-refractivity contribution in [3.05, 3.63) is 36.2 Å². The molecule has 1 aromatic heterocycles. The number of thioether (sulfide) groups is 1. The van der Waals surface area contributed by atoms with E-state index in [9.17, 15) is 4.79 Å². The predicted molar refractivity (Wildman–Crippen MR) is 85.6 cm³/mol. The second kappa shape index (κ2) is 6.83. The number of aromatic nitrogens is 2. The Hall–Kier alpha value is -2.02. The van der Waals surface area contributed by atoms with Gasteiger partial charge in [-0.2, -0.15) is 16.7 Å². The summed E-state index contributed by atoms with van der Waals surface area (Å²) in [4.78, 5) is 18.4. The van der Waals surface area contributed by atoms with E-state index in [1.165, 1.54) is 0 Å². The Bertz CT molecular complexity index is 625. The Balaban J connectivity index is 1.64. The minimum absolute atomic E-state index is 0.0766. The van der Waals surface area contributed by atoms with Gasteiger partial charge in [-0.05, 0) is 6.92 Å². The Kier molecular flexibility index (Phi) is 4.62. The Morgan fingerprint density at radius 2 is 2.05 bits per heavy atom. The van der Waals surface area contributed by atoms with E-state index >= 15 is 0 Å². The number of hydrogen-bond donors (Lipinski definition) is 1. The van der Waals surface area contributed by atoms with Gasteiger partial charge in [-0.15, -0.1) is 0 Å². The highest BCUT2D eigenvalue weighted by Crippen LogP contribution is 2.18. The van der Waals surface area contributed by atoms with Gasteiger partial charge in [0, 0.05) is 30.2 Å². The number of nitrogens with zero attached hydrogens (tertiary/aromatic N) is 3. The van der Waals surface area contributed by atoms with E-state index in [4.69, 9.17) is 4.52 Å². The molecule has 1 unspecified atom stereocenters. The zero-order valence-corrected chi connectivity index (χ0v) is 13.2. The average Bonchev–Trinajstić information content (AvgIpc) is 3.06. The zero-order valence-electron chi connectivity index (χ0n) is 12.4. The second-order valence-electron chi connectivity index (χ2n) is 5.09. The molecule has 2 amide bonds. The molecule has 0 spiro atoms. The van der Waals surface area contributed by atoms with Crippen LogP contribution in [0.1, 0.15) is 18.9 Å². The number of nitrogens with one attached hydrogen (secondary N) is 1. The standard InChI is InChI=1S/C15H18N4O2S/c1-11(16-15(20)19-7-9-22-10-8-19)14-17-13(18-21-14)12-5-3-2-4-6-12/h2-6,11H,7-10H2,1H3,(H,16,20). The van der Waals surface area contributed by atoms with Crippen LogP contribution in [0.5, 0.6) is 0 Å². The lowest BCUT2D eigenvalue weighted by molar-refractivity contribution is 0.196. The third kappa shape index (κ3) is 3.41. The van der Waals surface area contributed by atoms with Gasteiger partial charge < -0.3 is 14.7 Å². The summed E-state index contributed by atoms with van der Waals surface area (Å²) < 4.78 is 5.27. The fourth-order valence-electron chi connectivity index (χ4n) is 2.22. The van der Waals surface area contributed by atoms with Gasteiger partial charge in [0.15, 0.2) is 0 Å². The first-order valence-corrected chi connectivity index (χ1v) is 8.42. The van der Waals surface area contributed by atoms with Crippen LogP contribution in [0.25, 0.3) is 11.4 Å². The minimum Gasteiger partial charge on any atom is -0.337 e. The van der Waals surface area contributed by atoms with E-state index in [0.29, 0.717) is 11.7 Å². The molecule has 1 aromatic carbocycles. The fraction of sp³-hybridized carbons (Fsp3) is 0.400. The highest BCUT2D eigenvalue weighted by molar-refractivity contribution is 7.99. The molecule has 1 saturated heterocycles. The summed E-state index contributed by atoms with van der Waals surface area (Å²) in [6.45, 7) is 3.41. The first kappa shape index (κ1) is 14.9. The minimum atomic E-state index is -0.313. The van der Waals surface area contributed by atoms with E-state index < -0.39 is 0 Å². The molecular weight excluding hydrogens is 300 g/mol. The summed E-state index contributed by atoms with van der Waals surface area (Å²) in [6.07, 6.45) is 0. The molecule has 22 heavy (non-hydrogen) atoms. The molecule has 1 aliphatic heterocycles. The van der Waals surface area contributed by atoms with Crippen LogP contribution in [0.4, 0.5) is 4.79 Å². The van der Waals surface area contributed by atoms with Crippen LogP contribution < -0.4 is 5.32 Å². The van der Waals surface area contributed by atoms with Crippen LogP contribution in [0.15, 0.2) is 34.9 Å². The Morgan fingerprint density at radius 3 is 2.77 bits per heavy atom. The average molecular weight is 318 g/mol. The van der Waals surface area contributed by atoms with Crippen molar-refractivity contribution in [2.45, 2.75) is 13.0 Å². The van der Waals surface area contributed by atoms with E-state index in [0.717, 1.165) is 30.2 Å². The van der Waals surface area contributed by atoms with E-state index in [-0.39, 0.29) is 12.1 Å². The van der Waals surface area contributed by atoms with Gasteiger partial charge in [0.05, 0.1) is 0 Å². The van der Waals surface area contributed by atoms with Crippen molar-refractivity contribution in [2.24, 2.45) is 0 Å². The highest BCUT2D eigenvalue weighted by Gasteiger charge is 2.22. The van der Waals surface area contributed by atoms with Gasteiger partial charge in [-0.1, -0.05) is 35.5 Å². The number of carbonyl (C=O) groups excluding carboxylic acids is 1. The van der Waals surface area contributed by atoms with E-state index in [1.54, 1.807) is 0 Å². The molecule has 0 aliphatic carbocycles. The number of benzene rings is 1. The van der Waals surface area contributed by atoms with Crippen molar-refractivity contribution in [3.8, 4) is 11.4 Å². The lowest BCUT2D eigenvalue weighted by atomic mass is 10.2. The lowest BCUT2D eigenvalue weighted by Gasteiger charge is -2.27. The molecule has 1 aliphatic rings. The topological polar surface area (TPSA) is 71.3 Å². The lowest BCUT2D eigenvalue weighted by Crippen LogP contribution is -2.45. The molecule has 7 heteroatoms. The SMILES string of the molecule is CC(NC(=O)N1CCSCC1)c1nc(-c2ccccc2)no1. The summed E-state index contributed by atoms with van der Waals surface area (Å²) in [5.74, 6) is 2.92. The van der Waals surface area contributed by atoms with Gasteiger partial charge in [-0.3, -0.25) is 0 Å². The summed E-state index contributed by atoms with van der Waals surface area (Å²) in [6, 6.07) is 9.23. The highest BCUT2D eigenvalue weighted by atomic mass is 32.2. The van der Waals surface area contributed by atoms with Crippen LogP contribution in [-0.4, -0.2) is 45.7 Å². The molecule has 0 bridgehead atoms. The van der Waals surface area contributed by atoms with Crippen molar-refractivity contribution in [1.29, 1.82) is 0 Å². The molecule has 0 saturated carbocycles. The van der Waals surface area contributed by atoms with Crippen molar-refractivity contribution >= 4 is 17.8 Å². The molecule has 116 valence electrons. The number of hydrogen-bond acceptors (Lipinski definition) is 5. The maximum Gasteiger partial charge on any atom is 0.318 e. The first-order valence-electron chi connectivity index (χ1n) is 7.26. The Labute approximate surface area is 133 Å². The number of urea groups is 1. The fourth-order valence-corrected chi connectivity index (χ4v) is 3.12. The molecule has 1 N–H and O–H groups in total. The Morgan fingerprint density at radius 1 is 1.32 bits per heavy atom. The van der Waals surface area contributed by atoms with Crippen LogP contribution in [-0.2, 0) is 0 Å². The molecule has 3 rings (SSSR count). The van der Waals surface area contributed by atoms with E-state index in [1.807, 2.05) is 53.9 Å². The quantitative estimate of drug-likeness (QED) is 0.941. The molecule has 1 fully saturated rings. The maximum absolute atomic E-state index is 12.2. The number of carbonyl (C=O) groups is 1. The molecule has 2 heterocycles. The molecule has 2 aromatic rings. The summed E-state index contributed by atoms with van der Waals surface area (Å²) >= 11 is 1.87. The third-order valence-corrected chi connectivity index (χ3v) is 4.42. The molecule has 0 radical (unpaired) electrons. The summed E-state index contributed by atoms with van der Waals surface area (Å²) in [5.41, 5.74) is 0.893. The van der Waals surface area contributed by atoms with Crippen LogP contribution in [0, 0.1) is 0 Å². The van der Waals surface area contributed by atoms with Crippen molar-refractivity contribution < 1.29 is 9.32 Å². The largest absolute Gasteiger partial charge is 0.337 e. The van der Waals surface area contributed by atoms with Gasteiger partial charge in [0.25, 0.3) is 0 Å². The molecule has 1 atom stereocenters. The van der Waals surface area contributed by atoms with Gasteiger partial charge in [0.2, 0.25) is 11.7 Å². The van der Waals surface area contributed by atoms with Crippen molar-refractivity contribution in [3.63, 3.8) is 0 Å². The summed E-state index contributed by atoms with van der Waals surface area (Å²) in [7, 11) is 0. The monoisotopic (exact) mass is 318 g/mol. The van der Waals surface area contributed by atoms with Crippen LogP contribution in [0.3, 0.4) is 0 Å². The predicted octanol–water partition coefficient (Wildman–Crippen LogP) is 2.56. The second-order valence-corrected chi connectivity index (χ2v) is 6.32.